The number of hydrogen-bond acceptors (Lipinski definition) is 3. The molecule has 1 aliphatic rings. The van der Waals surface area contributed by atoms with Gasteiger partial charge in [0.25, 0.3) is 0 Å². The van der Waals surface area contributed by atoms with Crippen LogP contribution in [0.2, 0.25) is 0 Å². The summed E-state index contributed by atoms with van der Waals surface area (Å²) in [5.74, 6) is 1.17. The van der Waals surface area contributed by atoms with Crippen molar-refractivity contribution in [1.29, 1.82) is 0 Å². The molecule has 0 aromatic rings. The van der Waals surface area contributed by atoms with E-state index >= 15 is 0 Å². The van der Waals surface area contributed by atoms with Crippen LogP contribution in [0.25, 0.3) is 0 Å². The Kier molecular flexibility index (Phi) is 6.93. The minimum absolute atomic E-state index is 0.556. The van der Waals surface area contributed by atoms with Crippen LogP contribution >= 0.6 is 11.8 Å². The number of rotatable bonds is 7. The molecule has 1 rings (SSSR count). The third-order valence-corrected chi connectivity index (χ3v) is 4.10. The van der Waals surface area contributed by atoms with E-state index in [1.54, 1.807) is 0 Å². The van der Waals surface area contributed by atoms with Crippen molar-refractivity contribution in [2.45, 2.75) is 71.4 Å². The summed E-state index contributed by atoms with van der Waals surface area (Å²) in [6, 6.07) is 1.20. The number of hydrogen-bond donors (Lipinski definition) is 1. The molecule has 0 saturated carbocycles. The molecule has 0 fully saturated rings. The smallest absolute Gasteiger partial charge is 0.157 e. The molecule has 1 N–H and O–H groups in total. The molecule has 16 heavy (non-hydrogen) atoms. The van der Waals surface area contributed by atoms with Gasteiger partial charge in [0.2, 0.25) is 0 Å². The van der Waals surface area contributed by atoms with Crippen LogP contribution in [-0.4, -0.2) is 23.0 Å². The van der Waals surface area contributed by atoms with E-state index in [0.717, 1.165) is 0 Å². The number of unbranched alkanes of at least 4 members (excludes halogenated alkanes) is 1. The van der Waals surface area contributed by atoms with Crippen LogP contribution in [0.3, 0.4) is 0 Å². The molecule has 0 bridgehead atoms. The van der Waals surface area contributed by atoms with Crippen LogP contribution in [0.5, 0.6) is 0 Å². The van der Waals surface area contributed by atoms with E-state index in [2.05, 4.69) is 26.1 Å². The fraction of sp³-hybridized carbons (Fsp3) is 0.923. The van der Waals surface area contributed by atoms with Gasteiger partial charge in [0.1, 0.15) is 0 Å². The van der Waals surface area contributed by atoms with E-state index < -0.39 is 0 Å². The molecule has 0 saturated heterocycles. The van der Waals surface area contributed by atoms with Gasteiger partial charge in [0.15, 0.2) is 5.17 Å². The lowest BCUT2D eigenvalue weighted by Crippen LogP contribution is -2.32. The lowest BCUT2D eigenvalue weighted by atomic mass is 10.1. The van der Waals surface area contributed by atoms with Crippen molar-refractivity contribution in [1.82, 2.24) is 5.32 Å². The fourth-order valence-corrected chi connectivity index (χ4v) is 3.10. The summed E-state index contributed by atoms with van der Waals surface area (Å²) in [5, 5.41) is 4.82. The molecule has 2 unspecified atom stereocenters. The SMILES string of the molecule is CCCCC(CCC)NC1=NC(CC)CS1. The summed E-state index contributed by atoms with van der Waals surface area (Å²) in [7, 11) is 0. The van der Waals surface area contributed by atoms with Crippen LogP contribution in [0, 0.1) is 0 Å². The van der Waals surface area contributed by atoms with Crippen molar-refractivity contribution < 1.29 is 0 Å². The molecule has 0 radical (unpaired) electrons. The Bertz CT molecular complexity index is 216. The van der Waals surface area contributed by atoms with E-state index in [-0.39, 0.29) is 0 Å². The molecule has 0 aliphatic carbocycles. The largest absolute Gasteiger partial charge is 0.362 e. The summed E-state index contributed by atoms with van der Waals surface area (Å²) in [5.41, 5.74) is 0. The molecule has 2 atom stereocenters. The Labute approximate surface area is 105 Å². The lowest BCUT2D eigenvalue weighted by Gasteiger charge is -2.18. The lowest BCUT2D eigenvalue weighted by molar-refractivity contribution is 0.496. The van der Waals surface area contributed by atoms with Gasteiger partial charge in [-0.25, -0.2) is 0 Å². The highest BCUT2D eigenvalue weighted by Crippen LogP contribution is 2.20. The van der Waals surface area contributed by atoms with Crippen molar-refractivity contribution in [3.63, 3.8) is 0 Å². The average Bonchev–Trinajstić information content (AvgIpc) is 2.74. The zero-order chi connectivity index (χ0) is 11.8. The molecule has 2 nitrogen and oxygen atoms in total. The summed E-state index contributed by atoms with van der Waals surface area (Å²) >= 11 is 1.90. The first-order valence-electron chi connectivity index (χ1n) is 6.77. The predicted molar refractivity (Wildman–Crippen MR) is 75.3 cm³/mol. The van der Waals surface area contributed by atoms with Gasteiger partial charge in [-0.3, -0.25) is 4.99 Å². The van der Waals surface area contributed by atoms with Crippen LogP contribution in [0.15, 0.2) is 4.99 Å². The molecule has 0 aromatic carbocycles. The number of thioether (sulfide) groups is 1. The molecule has 0 amide bonds. The first-order valence-corrected chi connectivity index (χ1v) is 7.75. The first kappa shape index (κ1) is 13.9. The minimum Gasteiger partial charge on any atom is -0.362 e. The Morgan fingerprint density at radius 2 is 2.12 bits per heavy atom. The van der Waals surface area contributed by atoms with Gasteiger partial charge in [-0.05, 0) is 19.3 Å². The van der Waals surface area contributed by atoms with Gasteiger partial charge >= 0.3 is 0 Å². The predicted octanol–water partition coefficient (Wildman–Crippen LogP) is 3.82. The van der Waals surface area contributed by atoms with Crippen LogP contribution in [-0.2, 0) is 0 Å². The molecular formula is C13H26N2S. The van der Waals surface area contributed by atoms with Gasteiger partial charge in [-0.1, -0.05) is 51.8 Å². The number of nitrogens with one attached hydrogen (secondary N) is 1. The van der Waals surface area contributed by atoms with Crippen LogP contribution < -0.4 is 5.32 Å². The van der Waals surface area contributed by atoms with Gasteiger partial charge in [0, 0.05) is 11.8 Å². The number of nitrogens with zero attached hydrogens (tertiary/aromatic N) is 1. The molecule has 0 spiro atoms. The minimum atomic E-state index is 0.556. The maximum atomic E-state index is 4.71. The topological polar surface area (TPSA) is 24.4 Å². The quantitative estimate of drug-likeness (QED) is 0.734. The molecule has 94 valence electrons. The summed E-state index contributed by atoms with van der Waals surface area (Å²) in [6.07, 6.45) is 7.62. The maximum absolute atomic E-state index is 4.71. The Morgan fingerprint density at radius 3 is 2.69 bits per heavy atom. The molecular weight excluding hydrogens is 216 g/mol. The van der Waals surface area contributed by atoms with Crippen LogP contribution in [0.4, 0.5) is 0 Å². The first-order chi connectivity index (χ1) is 7.80. The third kappa shape index (κ3) is 4.77. The van der Waals surface area contributed by atoms with Crippen molar-refractivity contribution in [2.24, 2.45) is 4.99 Å². The Balaban J connectivity index is 2.35. The monoisotopic (exact) mass is 242 g/mol. The van der Waals surface area contributed by atoms with Crippen molar-refractivity contribution >= 4 is 16.9 Å². The summed E-state index contributed by atoms with van der Waals surface area (Å²) in [4.78, 5) is 4.71. The van der Waals surface area contributed by atoms with E-state index in [9.17, 15) is 0 Å². The summed E-state index contributed by atoms with van der Waals surface area (Å²) < 4.78 is 0. The highest BCUT2D eigenvalue weighted by molar-refractivity contribution is 8.14. The number of amidine groups is 1. The molecule has 3 heteroatoms. The Morgan fingerprint density at radius 1 is 1.31 bits per heavy atom. The third-order valence-electron chi connectivity index (χ3n) is 3.05. The zero-order valence-corrected chi connectivity index (χ0v) is 11.8. The normalized spacial score (nSPS) is 21.9. The average molecular weight is 242 g/mol. The van der Waals surface area contributed by atoms with E-state index in [4.69, 9.17) is 4.99 Å². The van der Waals surface area contributed by atoms with E-state index in [1.807, 2.05) is 11.8 Å². The second-order valence-corrected chi connectivity index (χ2v) is 5.59. The zero-order valence-electron chi connectivity index (χ0n) is 11.0. The Hall–Kier alpha value is -0.180. The highest BCUT2D eigenvalue weighted by Gasteiger charge is 2.18. The van der Waals surface area contributed by atoms with Crippen molar-refractivity contribution in [3.8, 4) is 0 Å². The van der Waals surface area contributed by atoms with Gasteiger partial charge in [-0.15, -0.1) is 0 Å². The second-order valence-electron chi connectivity index (χ2n) is 4.58. The van der Waals surface area contributed by atoms with E-state index in [0.29, 0.717) is 12.1 Å². The van der Waals surface area contributed by atoms with Crippen LogP contribution in [0.1, 0.15) is 59.3 Å². The maximum Gasteiger partial charge on any atom is 0.157 e. The van der Waals surface area contributed by atoms with Gasteiger partial charge in [0.05, 0.1) is 6.04 Å². The van der Waals surface area contributed by atoms with E-state index in [1.165, 1.54) is 49.4 Å². The molecule has 1 heterocycles. The van der Waals surface area contributed by atoms with Gasteiger partial charge < -0.3 is 5.32 Å². The second kappa shape index (κ2) is 7.99. The summed E-state index contributed by atoms with van der Waals surface area (Å²) in [6.45, 7) is 6.75. The standard InChI is InChI=1S/C13H26N2S/c1-4-7-9-12(8-5-2)15-13-14-11(6-3)10-16-13/h11-12H,4-10H2,1-3H3,(H,14,15). The highest BCUT2D eigenvalue weighted by atomic mass is 32.2. The molecule has 1 aliphatic heterocycles. The number of aliphatic imine (C=N–C) groups is 1. The van der Waals surface area contributed by atoms with Crippen molar-refractivity contribution in [3.05, 3.63) is 0 Å². The van der Waals surface area contributed by atoms with Crippen molar-refractivity contribution in [2.75, 3.05) is 5.75 Å². The molecule has 0 aromatic heterocycles. The fourth-order valence-electron chi connectivity index (χ4n) is 1.97. The van der Waals surface area contributed by atoms with Gasteiger partial charge in [-0.2, -0.15) is 0 Å².